The fourth-order valence-electron chi connectivity index (χ4n) is 4.09. The number of carbonyl (C=O) groups is 1. The van der Waals surface area contributed by atoms with Crippen molar-refractivity contribution < 1.29 is 18.3 Å². The number of para-hydroxylation sites is 1. The van der Waals surface area contributed by atoms with Crippen LogP contribution >= 0.6 is 0 Å². The molecule has 0 saturated carbocycles. The molecule has 168 valence electrons. The molecular formula is C23H26N4O4S. The molecule has 2 aromatic carbocycles. The molecule has 0 unspecified atom stereocenters. The van der Waals surface area contributed by atoms with E-state index in [1.54, 1.807) is 28.8 Å². The second kappa shape index (κ2) is 8.84. The number of hydrogen-bond donors (Lipinski definition) is 1. The molecule has 1 saturated heterocycles. The number of aryl methyl sites for hydroxylation is 2. The molecule has 0 spiro atoms. The highest BCUT2D eigenvalue weighted by Gasteiger charge is 2.33. The Morgan fingerprint density at radius 1 is 1.16 bits per heavy atom. The molecular weight excluding hydrogens is 428 g/mol. The van der Waals surface area contributed by atoms with Crippen LogP contribution in [0.3, 0.4) is 0 Å². The van der Waals surface area contributed by atoms with E-state index >= 15 is 0 Å². The number of amides is 1. The summed E-state index contributed by atoms with van der Waals surface area (Å²) >= 11 is 0. The van der Waals surface area contributed by atoms with Gasteiger partial charge in [0.25, 0.3) is 5.91 Å². The quantitative estimate of drug-likeness (QED) is 0.577. The largest absolute Gasteiger partial charge is 0.493 e. The van der Waals surface area contributed by atoms with Crippen molar-refractivity contribution in [2.45, 2.75) is 38.1 Å². The lowest BCUT2D eigenvalue weighted by molar-refractivity contribution is -0.123. The van der Waals surface area contributed by atoms with Gasteiger partial charge in [-0.15, -0.1) is 10.2 Å². The molecule has 1 amide bonds. The molecule has 0 bridgehead atoms. The number of aromatic hydroxyl groups is 1. The minimum Gasteiger partial charge on any atom is -0.493 e. The topological polar surface area (TPSA) is 104 Å². The van der Waals surface area contributed by atoms with Crippen molar-refractivity contribution in [3.63, 3.8) is 0 Å². The average Bonchev–Trinajstić information content (AvgIpc) is 3.08. The zero-order valence-corrected chi connectivity index (χ0v) is 18.9. The first-order chi connectivity index (χ1) is 15.3. The Morgan fingerprint density at radius 2 is 1.88 bits per heavy atom. The number of nitrogens with zero attached hydrogens (tertiary/aromatic N) is 4. The number of sulfonamides is 1. The Hall–Kier alpha value is -3.04. The molecule has 1 aromatic heterocycles. The van der Waals surface area contributed by atoms with Gasteiger partial charge in [0.15, 0.2) is 5.69 Å². The second-order valence-electron chi connectivity index (χ2n) is 7.99. The normalized spacial score (nSPS) is 17.9. The van der Waals surface area contributed by atoms with Crippen LogP contribution in [-0.2, 0) is 21.4 Å². The highest BCUT2D eigenvalue weighted by molar-refractivity contribution is 7.89. The standard InChI is InChI=1S/C23H26N4O4S/c1-3-27-20-9-5-4-8-19(20)21(23(27)29)24-25-22(28)17-7-6-14-26(15-17)32(30,31)18-12-10-16(2)11-13-18/h4-5,8-13,17,29H,3,6-7,14-15H2,1-2H3/t17-/m1/s1. The summed E-state index contributed by atoms with van der Waals surface area (Å²) in [7, 11) is -3.68. The minimum atomic E-state index is -3.68. The molecule has 1 aliphatic rings. The fourth-order valence-corrected chi connectivity index (χ4v) is 5.62. The monoisotopic (exact) mass is 454 g/mol. The average molecular weight is 455 g/mol. The Bertz CT molecular complexity index is 1280. The van der Waals surface area contributed by atoms with E-state index < -0.39 is 21.8 Å². The maximum atomic E-state index is 13.0. The first-order valence-corrected chi connectivity index (χ1v) is 12.1. The first kappa shape index (κ1) is 22.2. The van der Waals surface area contributed by atoms with Crippen LogP contribution in [0.25, 0.3) is 10.9 Å². The molecule has 0 radical (unpaired) electrons. The third-order valence-electron chi connectivity index (χ3n) is 5.87. The van der Waals surface area contributed by atoms with E-state index in [4.69, 9.17) is 0 Å². The molecule has 2 heterocycles. The number of hydrogen-bond acceptors (Lipinski definition) is 5. The minimum absolute atomic E-state index is 0.0440. The summed E-state index contributed by atoms with van der Waals surface area (Å²) in [4.78, 5) is 13.0. The van der Waals surface area contributed by atoms with Crippen molar-refractivity contribution >= 4 is 32.5 Å². The number of rotatable bonds is 5. The first-order valence-electron chi connectivity index (χ1n) is 10.7. The summed E-state index contributed by atoms with van der Waals surface area (Å²) in [6.45, 7) is 4.78. The van der Waals surface area contributed by atoms with E-state index in [0.717, 1.165) is 11.1 Å². The molecule has 1 fully saturated rings. The summed E-state index contributed by atoms with van der Waals surface area (Å²) in [6.07, 6.45) is 1.11. The van der Waals surface area contributed by atoms with Crippen LogP contribution in [0.15, 0.2) is 63.7 Å². The fraction of sp³-hybridized carbons (Fsp3) is 0.348. The van der Waals surface area contributed by atoms with Crippen LogP contribution in [0.1, 0.15) is 25.3 Å². The zero-order chi connectivity index (χ0) is 22.9. The SMILES string of the molecule is CCn1c(O)c(N=NC(=O)[C@@H]2CCCN(S(=O)(=O)c3ccc(C)cc3)C2)c2ccccc21. The molecule has 32 heavy (non-hydrogen) atoms. The highest BCUT2D eigenvalue weighted by atomic mass is 32.2. The number of benzene rings is 2. The van der Waals surface area contributed by atoms with Gasteiger partial charge in [-0.2, -0.15) is 4.31 Å². The van der Waals surface area contributed by atoms with E-state index in [-0.39, 0.29) is 23.0 Å². The second-order valence-corrected chi connectivity index (χ2v) is 9.93. The van der Waals surface area contributed by atoms with Crippen molar-refractivity contribution in [3.05, 3.63) is 54.1 Å². The van der Waals surface area contributed by atoms with E-state index in [1.165, 1.54) is 4.31 Å². The number of carbonyl (C=O) groups excluding carboxylic acids is 1. The number of aromatic nitrogens is 1. The molecule has 0 aliphatic carbocycles. The van der Waals surface area contributed by atoms with E-state index in [0.29, 0.717) is 31.3 Å². The third-order valence-corrected chi connectivity index (χ3v) is 7.75. The van der Waals surface area contributed by atoms with Crippen molar-refractivity contribution in [2.24, 2.45) is 16.1 Å². The summed E-state index contributed by atoms with van der Waals surface area (Å²) < 4.78 is 29.0. The molecule has 1 N–H and O–H groups in total. The number of piperidine rings is 1. The predicted molar refractivity (Wildman–Crippen MR) is 121 cm³/mol. The Balaban J connectivity index is 1.54. The van der Waals surface area contributed by atoms with Gasteiger partial charge in [-0.3, -0.25) is 4.79 Å². The predicted octanol–water partition coefficient (Wildman–Crippen LogP) is 4.39. The summed E-state index contributed by atoms with van der Waals surface area (Å²) in [5.74, 6) is -1.10. The van der Waals surface area contributed by atoms with Crippen LogP contribution in [0, 0.1) is 12.8 Å². The van der Waals surface area contributed by atoms with Gasteiger partial charge in [0.05, 0.1) is 16.3 Å². The summed E-state index contributed by atoms with van der Waals surface area (Å²) in [6, 6.07) is 14.1. The van der Waals surface area contributed by atoms with Gasteiger partial charge >= 0.3 is 0 Å². The van der Waals surface area contributed by atoms with Crippen LogP contribution in [0.2, 0.25) is 0 Å². The van der Waals surface area contributed by atoms with Crippen molar-refractivity contribution in [2.75, 3.05) is 13.1 Å². The Morgan fingerprint density at radius 3 is 2.59 bits per heavy atom. The molecule has 1 aliphatic heterocycles. The Kier molecular flexibility index (Phi) is 6.12. The highest BCUT2D eigenvalue weighted by Crippen LogP contribution is 2.38. The maximum Gasteiger partial charge on any atom is 0.269 e. The van der Waals surface area contributed by atoms with Gasteiger partial charge < -0.3 is 9.67 Å². The van der Waals surface area contributed by atoms with Crippen molar-refractivity contribution in [1.82, 2.24) is 8.87 Å². The maximum absolute atomic E-state index is 13.0. The van der Waals surface area contributed by atoms with Crippen LogP contribution in [0.5, 0.6) is 5.88 Å². The molecule has 8 nitrogen and oxygen atoms in total. The molecule has 9 heteroatoms. The summed E-state index contributed by atoms with van der Waals surface area (Å²) in [5.41, 5.74) is 2.03. The number of fused-ring (bicyclic) bond motifs is 1. The van der Waals surface area contributed by atoms with E-state index in [9.17, 15) is 18.3 Å². The van der Waals surface area contributed by atoms with Crippen LogP contribution in [0.4, 0.5) is 5.69 Å². The lowest BCUT2D eigenvalue weighted by atomic mass is 9.99. The molecule has 4 rings (SSSR count). The summed E-state index contributed by atoms with van der Waals surface area (Å²) in [5, 5.41) is 19.2. The van der Waals surface area contributed by atoms with Crippen molar-refractivity contribution in [1.29, 1.82) is 0 Å². The zero-order valence-electron chi connectivity index (χ0n) is 18.1. The van der Waals surface area contributed by atoms with Crippen LogP contribution < -0.4 is 0 Å². The smallest absolute Gasteiger partial charge is 0.269 e. The van der Waals surface area contributed by atoms with Gasteiger partial charge in [-0.05, 0) is 44.9 Å². The van der Waals surface area contributed by atoms with Gasteiger partial charge in [0.1, 0.15) is 0 Å². The van der Waals surface area contributed by atoms with E-state index in [1.807, 2.05) is 38.1 Å². The van der Waals surface area contributed by atoms with Gasteiger partial charge in [0, 0.05) is 25.0 Å². The number of azo groups is 1. The lowest BCUT2D eigenvalue weighted by Crippen LogP contribution is -2.41. The van der Waals surface area contributed by atoms with Gasteiger partial charge in [0.2, 0.25) is 15.9 Å². The third kappa shape index (κ3) is 4.05. The van der Waals surface area contributed by atoms with E-state index in [2.05, 4.69) is 10.2 Å². The van der Waals surface area contributed by atoms with Crippen LogP contribution in [-0.4, -0.2) is 41.4 Å². The Labute approximate surface area is 187 Å². The van der Waals surface area contributed by atoms with Crippen molar-refractivity contribution in [3.8, 4) is 5.88 Å². The van der Waals surface area contributed by atoms with Gasteiger partial charge in [-0.1, -0.05) is 35.9 Å². The molecule has 3 aromatic rings. The lowest BCUT2D eigenvalue weighted by Gasteiger charge is -2.30. The molecule has 1 atom stereocenters. The van der Waals surface area contributed by atoms with Gasteiger partial charge in [-0.25, -0.2) is 8.42 Å².